The maximum Gasteiger partial charge on any atom is 0.415 e. The first-order chi connectivity index (χ1) is 10.9. The molecule has 2 rings (SSSR count). The second-order valence-electron chi connectivity index (χ2n) is 4.91. The fourth-order valence-electron chi connectivity index (χ4n) is 2.35. The second-order valence-corrected chi connectivity index (χ2v) is 7.10. The lowest BCUT2D eigenvalue weighted by Crippen LogP contribution is -2.34. The summed E-state index contributed by atoms with van der Waals surface area (Å²) in [5.74, 6) is -0.926. The summed E-state index contributed by atoms with van der Waals surface area (Å²) >= 11 is 0. The van der Waals surface area contributed by atoms with Gasteiger partial charge in [0.2, 0.25) is 0 Å². The van der Waals surface area contributed by atoms with Gasteiger partial charge in [-0.1, -0.05) is 0 Å². The fourth-order valence-corrected chi connectivity index (χ4v) is 4.25. The number of rotatable bonds is 7. The predicted molar refractivity (Wildman–Crippen MR) is 84.9 cm³/mol. The molecule has 0 aliphatic carbocycles. The van der Waals surface area contributed by atoms with Crippen LogP contribution in [0.25, 0.3) is 0 Å². The molecule has 7 nitrogen and oxygen atoms in total. The summed E-state index contributed by atoms with van der Waals surface area (Å²) in [6.07, 6.45) is -0.620. The van der Waals surface area contributed by atoms with Crippen molar-refractivity contribution in [1.82, 2.24) is 0 Å². The SMILES string of the molecule is CCOP(=O)(OCC)C1COC(=O)N1c1ccc(C(C)=O)cc1. The van der Waals surface area contributed by atoms with E-state index in [4.69, 9.17) is 13.8 Å². The zero-order chi connectivity index (χ0) is 17.0. The van der Waals surface area contributed by atoms with E-state index < -0.39 is 19.5 Å². The Morgan fingerprint density at radius 3 is 2.30 bits per heavy atom. The molecule has 1 fully saturated rings. The minimum absolute atomic E-state index is 0.0774. The topological polar surface area (TPSA) is 82.1 Å². The van der Waals surface area contributed by atoms with Crippen LogP contribution in [0.2, 0.25) is 0 Å². The highest BCUT2D eigenvalue weighted by atomic mass is 31.2. The molecule has 0 radical (unpaired) electrons. The third-order valence-corrected chi connectivity index (χ3v) is 5.73. The molecule has 0 bridgehead atoms. The average Bonchev–Trinajstić information content (AvgIpc) is 2.90. The monoisotopic (exact) mass is 341 g/mol. The van der Waals surface area contributed by atoms with Crippen molar-refractivity contribution in [2.75, 3.05) is 24.7 Å². The van der Waals surface area contributed by atoms with Crippen molar-refractivity contribution in [3.63, 3.8) is 0 Å². The van der Waals surface area contributed by atoms with E-state index in [1.807, 2.05) is 0 Å². The van der Waals surface area contributed by atoms with Crippen molar-refractivity contribution >= 4 is 25.2 Å². The van der Waals surface area contributed by atoms with Crippen LogP contribution in [0.5, 0.6) is 0 Å². The van der Waals surface area contributed by atoms with Crippen molar-refractivity contribution < 1.29 is 27.9 Å². The van der Waals surface area contributed by atoms with Gasteiger partial charge in [0.05, 0.1) is 13.2 Å². The number of carbonyl (C=O) groups excluding carboxylic acids is 2. The van der Waals surface area contributed by atoms with E-state index in [0.29, 0.717) is 11.3 Å². The van der Waals surface area contributed by atoms with E-state index >= 15 is 0 Å². The highest BCUT2D eigenvalue weighted by molar-refractivity contribution is 7.54. The number of amides is 1. The average molecular weight is 341 g/mol. The molecule has 1 heterocycles. The molecule has 1 aromatic rings. The van der Waals surface area contributed by atoms with Gasteiger partial charge in [0.1, 0.15) is 6.61 Å². The molecule has 1 aromatic carbocycles. The molecule has 0 saturated carbocycles. The Kier molecular flexibility index (Phi) is 5.57. The first-order valence-corrected chi connectivity index (χ1v) is 9.00. The Balaban J connectivity index is 2.35. The number of ether oxygens (including phenoxy) is 1. The molecule has 1 atom stereocenters. The van der Waals surface area contributed by atoms with Crippen LogP contribution in [0.4, 0.5) is 10.5 Å². The number of cyclic esters (lactones) is 1. The van der Waals surface area contributed by atoms with Crippen LogP contribution in [-0.4, -0.2) is 37.5 Å². The number of nitrogens with zero attached hydrogens (tertiary/aromatic N) is 1. The molecule has 0 spiro atoms. The Hall–Kier alpha value is -1.69. The van der Waals surface area contributed by atoms with Gasteiger partial charge >= 0.3 is 13.7 Å². The first-order valence-electron chi connectivity index (χ1n) is 7.38. The van der Waals surface area contributed by atoms with Crippen molar-refractivity contribution in [3.8, 4) is 0 Å². The summed E-state index contributed by atoms with van der Waals surface area (Å²) in [5, 5.41) is 0. The van der Waals surface area contributed by atoms with Gasteiger partial charge in [-0.15, -0.1) is 0 Å². The zero-order valence-electron chi connectivity index (χ0n) is 13.4. The number of anilines is 1. The molecule has 1 unspecified atom stereocenters. The number of carbonyl (C=O) groups is 2. The van der Waals surface area contributed by atoms with Crippen molar-refractivity contribution in [2.24, 2.45) is 0 Å². The van der Waals surface area contributed by atoms with Gasteiger partial charge < -0.3 is 13.8 Å². The molecule has 23 heavy (non-hydrogen) atoms. The second kappa shape index (κ2) is 7.25. The van der Waals surface area contributed by atoms with Gasteiger partial charge in [0, 0.05) is 11.3 Å². The molecule has 126 valence electrons. The lowest BCUT2D eigenvalue weighted by atomic mass is 10.1. The molecule has 0 aromatic heterocycles. The molecule has 0 N–H and O–H groups in total. The molecule has 1 aliphatic rings. The van der Waals surface area contributed by atoms with Crippen LogP contribution < -0.4 is 4.90 Å². The van der Waals surface area contributed by atoms with E-state index in [0.717, 1.165) is 0 Å². The van der Waals surface area contributed by atoms with Crippen LogP contribution >= 0.6 is 7.60 Å². The third-order valence-electron chi connectivity index (χ3n) is 3.39. The summed E-state index contributed by atoms with van der Waals surface area (Å²) < 4.78 is 28.6. The molecular formula is C15H20NO6P. The van der Waals surface area contributed by atoms with E-state index in [9.17, 15) is 14.2 Å². The van der Waals surface area contributed by atoms with Crippen LogP contribution in [0.15, 0.2) is 24.3 Å². The molecule has 1 aliphatic heterocycles. The normalized spacial score (nSPS) is 18.1. The van der Waals surface area contributed by atoms with E-state index in [-0.39, 0.29) is 25.6 Å². The minimum atomic E-state index is -3.54. The van der Waals surface area contributed by atoms with Gasteiger partial charge in [-0.2, -0.15) is 0 Å². The smallest absolute Gasteiger partial charge is 0.415 e. The lowest BCUT2D eigenvalue weighted by Gasteiger charge is -2.27. The number of hydrogen-bond donors (Lipinski definition) is 0. The lowest BCUT2D eigenvalue weighted by molar-refractivity contribution is 0.101. The number of hydrogen-bond acceptors (Lipinski definition) is 6. The van der Waals surface area contributed by atoms with Gasteiger partial charge in [-0.05, 0) is 45.0 Å². The van der Waals surface area contributed by atoms with Gasteiger partial charge in [-0.3, -0.25) is 14.3 Å². The Bertz CT molecular complexity index is 619. The van der Waals surface area contributed by atoms with E-state index in [1.165, 1.54) is 11.8 Å². The molecular weight excluding hydrogens is 321 g/mol. The first kappa shape index (κ1) is 17.7. The van der Waals surface area contributed by atoms with Gasteiger partial charge in [-0.25, -0.2) is 4.79 Å². The fraction of sp³-hybridized carbons (Fsp3) is 0.467. The van der Waals surface area contributed by atoms with Crippen molar-refractivity contribution in [2.45, 2.75) is 26.6 Å². The predicted octanol–water partition coefficient (Wildman–Crippen LogP) is 3.44. The Morgan fingerprint density at radius 2 is 1.83 bits per heavy atom. The standard InChI is InChI=1S/C15H20NO6P/c1-4-21-23(19,22-5-2)14-10-20-15(18)16(14)13-8-6-12(7-9-13)11(3)17/h6-9,14H,4-5,10H2,1-3H3. The third kappa shape index (κ3) is 3.63. The summed E-state index contributed by atoms with van der Waals surface area (Å²) in [5.41, 5.74) is 0.998. The van der Waals surface area contributed by atoms with Crippen molar-refractivity contribution in [1.29, 1.82) is 0 Å². The Morgan fingerprint density at radius 1 is 1.26 bits per heavy atom. The maximum atomic E-state index is 12.9. The minimum Gasteiger partial charge on any atom is -0.446 e. The van der Waals surface area contributed by atoms with Crippen LogP contribution in [-0.2, 0) is 18.3 Å². The van der Waals surface area contributed by atoms with Crippen molar-refractivity contribution in [3.05, 3.63) is 29.8 Å². The molecule has 8 heteroatoms. The largest absolute Gasteiger partial charge is 0.446 e. The summed E-state index contributed by atoms with van der Waals surface area (Å²) in [6, 6.07) is 6.43. The number of benzene rings is 1. The van der Waals surface area contributed by atoms with Crippen LogP contribution in [0, 0.1) is 0 Å². The van der Waals surface area contributed by atoms with Gasteiger partial charge in [0.15, 0.2) is 11.6 Å². The maximum absolute atomic E-state index is 12.9. The van der Waals surface area contributed by atoms with E-state index in [2.05, 4.69) is 0 Å². The highest BCUT2D eigenvalue weighted by Crippen LogP contribution is 2.56. The summed E-state index contributed by atoms with van der Waals surface area (Å²) in [7, 11) is -3.54. The van der Waals surface area contributed by atoms with Gasteiger partial charge in [0.25, 0.3) is 0 Å². The quantitative estimate of drug-likeness (QED) is 0.558. The zero-order valence-corrected chi connectivity index (χ0v) is 14.2. The number of ketones is 1. The number of Topliss-reactive ketones (excluding diaryl/α,β-unsaturated/α-hetero) is 1. The van der Waals surface area contributed by atoms with E-state index in [1.54, 1.807) is 38.1 Å². The molecule has 1 amide bonds. The highest BCUT2D eigenvalue weighted by Gasteiger charge is 2.48. The molecule has 1 saturated heterocycles. The Labute approximate surface area is 135 Å². The van der Waals surface area contributed by atoms with Crippen LogP contribution in [0.1, 0.15) is 31.1 Å². The van der Waals surface area contributed by atoms with Crippen LogP contribution in [0.3, 0.4) is 0 Å². The summed E-state index contributed by atoms with van der Waals surface area (Å²) in [4.78, 5) is 24.7. The summed E-state index contributed by atoms with van der Waals surface area (Å²) in [6.45, 7) is 5.17.